The largest absolute Gasteiger partial charge is 0.343 e. The maximum Gasteiger partial charge on any atom is 0.246 e. The van der Waals surface area contributed by atoms with Crippen LogP contribution >= 0.6 is 11.3 Å². The van der Waals surface area contributed by atoms with Crippen molar-refractivity contribution in [2.45, 2.75) is 51.7 Å². The SMILES string of the molecule is CC(C)[C@H](NC(=O)[C@H](C)N)C(=O)N1CCC[C@H]1c1nc(-c2ccccc2-c2ccccc2)cs1. The van der Waals surface area contributed by atoms with Crippen molar-refractivity contribution in [3.8, 4) is 22.4 Å². The van der Waals surface area contributed by atoms with E-state index in [9.17, 15) is 9.59 Å². The van der Waals surface area contributed by atoms with E-state index < -0.39 is 12.1 Å². The summed E-state index contributed by atoms with van der Waals surface area (Å²) in [6, 6.07) is 17.2. The molecule has 3 N–H and O–H groups in total. The van der Waals surface area contributed by atoms with E-state index >= 15 is 0 Å². The standard InChI is InChI=1S/C27H32N4O2S/c1-17(2)24(30-25(32)18(3)28)27(33)31-15-9-14-23(31)26-29-22(16-34-26)21-13-8-7-12-20(21)19-10-5-4-6-11-19/h4-8,10-13,16-18,23-24H,9,14-15,28H2,1-3H3,(H,30,32)/t18-,23-,24-/m0/s1. The summed E-state index contributed by atoms with van der Waals surface area (Å²) >= 11 is 1.59. The van der Waals surface area contributed by atoms with Gasteiger partial charge in [-0.3, -0.25) is 9.59 Å². The van der Waals surface area contributed by atoms with Gasteiger partial charge >= 0.3 is 0 Å². The van der Waals surface area contributed by atoms with Crippen LogP contribution in [0.1, 0.15) is 44.7 Å². The molecule has 178 valence electrons. The number of carbonyl (C=O) groups excluding carboxylic acids is 2. The maximum atomic E-state index is 13.5. The van der Waals surface area contributed by atoms with E-state index in [1.807, 2.05) is 49.1 Å². The van der Waals surface area contributed by atoms with Crippen LogP contribution < -0.4 is 11.1 Å². The molecule has 0 radical (unpaired) electrons. The van der Waals surface area contributed by atoms with Gasteiger partial charge in [0.25, 0.3) is 0 Å². The van der Waals surface area contributed by atoms with Crippen molar-refractivity contribution < 1.29 is 9.59 Å². The highest BCUT2D eigenvalue weighted by Gasteiger charge is 2.37. The molecule has 2 amide bonds. The summed E-state index contributed by atoms with van der Waals surface area (Å²) in [6.45, 7) is 6.17. The molecular formula is C27H32N4O2S. The van der Waals surface area contributed by atoms with Crippen molar-refractivity contribution in [3.63, 3.8) is 0 Å². The zero-order valence-corrected chi connectivity index (χ0v) is 20.7. The lowest BCUT2D eigenvalue weighted by atomic mass is 9.98. The van der Waals surface area contributed by atoms with E-state index in [4.69, 9.17) is 10.7 Å². The smallest absolute Gasteiger partial charge is 0.246 e. The fraction of sp³-hybridized carbons (Fsp3) is 0.370. The highest BCUT2D eigenvalue weighted by molar-refractivity contribution is 7.10. The van der Waals surface area contributed by atoms with Gasteiger partial charge in [-0.05, 0) is 36.8 Å². The lowest BCUT2D eigenvalue weighted by Crippen LogP contribution is -2.54. The summed E-state index contributed by atoms with van der Waals surface area (Å²) in [5.41, 5.74) is 10.0. The van der Waals surface area contributed by atoms with Crippen molar-refractivity contribution in [2.75, 3.05) is 6.54 Å². The summed E-state index contributed by atoms with van der Waals surface area (Å²) in [5.74, 6) is -0.411. The van der Waals surface area contributed by atoms with Crippen LogP contribution in [0.25, 0.3) is 22.4 Å². The lowest BCUT2D eigenvalue weighted by molar-refractivity contribution is -0.138. The van der Waals surface area contributed by atoms with Crippen LogP contribution in [-0.4, -0.2) is 40.3 Å². The Bertz CT molecular complexity index is 1140. The predicted molar refractivity (Wildman–Crippen MR) is 137 cm³/mol. The number of nitrogens with one attached hydrogen (secondary N) is 1. The first kappa shape index (κ1) is 24.1. The number of likely N-dealkylation sites (tertiary alicyclic amines) is 1. The lowest BCUT2D eigenvalue weighted by Gasteiger charge is -2.30. The Hall–Kier alpha value is -3.03. The molecule has 34 heavy (non-hydrogen) atoms. The van der Waals surface area contributed by atoms with Crippen LogP contribution in [0, 0.1) is 5.92 Å². The van der Waals surface area contributed by atoms with Gasteiger partial charge in [0, 0.05) is 17.5 Å². The molecule has 1 fully saturated rings. The molecule has 4 rings (SSSR count). The molecule has 1 aliphatic rings. The predicted octanol–water partition coefficient (Wildman–Crippen LogP) is 4.63. The Morgan fingerprint density at radius 1 is 1.06 bits per heavy atom. The minimum absolute atomic E-state index is 0.0407. The van der Waals surface area contributed by atoms with Crippen LogP contribution in [0.3, 0.4) is 0 Å². The average molecular weight is 477 g/mol. The molecule has 0 unspecified atom stereocenters. The number of nitrogens with two attached hydrogens (primary N) is 1. The number of rotatable bonds is 7. The van der Waals surface area contributed by atoms with Gasteiger partial charge in [0.15, 0.2) is 0 Å². The normalized spacial score (nSPS) is 17.6. The third-order valence-electron chi connectivity index (χ3n) is 6.27. The van der Waals surface area contributed by atoms with Gasteiger partial charge < -0.3 is 16.0 Å². The number of aromatic nitrogens is 1. The number of hydrogen-bond acceptors (Lipinski definition) is 5. The molecule has 7 heteroatoms. The van der Waals surface area contributed by atoms with E-state index in [-0.39, 0.29) is 23.8 Å². The van der Waals surface area contributed by atoms with E-state index in [0.717, 1.165) is 40.2 Å². The summed E-state index contributed by atoms with van der Waals surface area (Å²) in [5, 5.41) is 5.86. The monoisotopic (exact) mass is 476 g/mol. The zero-order chi connectivity index (χ0) is 24.2. The molecular weight excluding hydrogens is 444 g/mol. The summed E-state index contributed by atoms with van der Waals surface area (Å²) in [7, 11) is 0. The van der Waals surface area contributed by atoms with Gasteiger partial charge in [-0.15, -0.1) is 11.3 Å². The highest BCUT2D eigenvalue weighted by atomic mass is 32.1. The zero-order valence-electron chi connectivity index (χ0n) is 19.9. The van der Waals surface area contributed by atoms with E-state index in [1.54, 1.807) is 18.3 Å². The second-order valence-electron chi connectivity index (χ2n) is 9.19. The fourth-order valence-electron chi connectivity index (χ4n) is 4.40. The highest BCUT2D eigenvalue weighted by Crippen LogP contribution is 2.38. The third kappa shape index (κ3) is 5.05. The van der Waals surface area contributed by atoms with Gasteiger partial charge in [-0.1, -0.05) is 68.4 Å². The summed E-state index contributed by atoms with van der Waals surface area (Å²) < 4.78 is 0. The Labute approximate surface area is 205 Å². The van der Waals surface area contributed by atoms with Gasteiger partial charge in [0.05, 0.1) is 17.8 Å². The first-order valence-electron chi connectivity index (χ1n) is 11.8. The first-order valence-corrected chi connectivity index (χ1v) is 12.7. The van der Waals surface area contributed by atoms with Gasteiger partial charge in [-0.2, -0.15) is 0 Å². The van der Waals surface area contributed by atoms with Crippen LogP contribution in [0.4, 0.5) is 0 Å². The van der Waals surface area contributed by atoms with Crippen molar-refractivity contribution >= 4 is 23.2 Å². The van der Waals surface area contributed by atoms with Crippen molar-refractivity contribution in [3.05, 3.63) is 65.0 Å². The number of hydrogen-bond donors (Lipinski definition) is 2. The van der Waals surface area contributed by atoms with Crippen molar-refractivity contribution in [1.82, 2.24) is 15.2 Å². The quantitative estimate of drug-likeness (QED) is 0.520. The van der Waals surface area contributed by atoms with Crippen LogP contribution in [-0.2, 0) is 9.59 Å². The van der Waals surface area contributed by atoms with Crippen LogP contribution in [0.2, 0.25) is 0 Å². The van der Waals surface area contributed by atoms with Gasteiger partial charge in [0.2, 0.25) is 11.8 Å². The number of amides is 2. The summed E-state index contributed by atoms with van der Waals surface area (Å²) in [4.78, 5) is 32.6. The minimum atomic E-state index is -0.658. The number of benzene rings is 2. The molecule has 2 aromatic carbocycles. The number of carbonyl (C=O) groups is 2. The molecule has 0 bridgehead atoms. The van der Waals surface area contributed by atoms with Crippen molar-refractivity contribution in [1.29, 1.82) is 0 Å². The Kier molecular flexibility index (Phi) is 7.44. The average Bonchev–Trinajstić information content (AvgIpc) is 3.52. The molecule has 1 saturated heterocycles. The molecule has 0 aliphatic carbocycles. The first-order chi connectivity index (χ1) is 16.4. The van der Waals surface area contributed by atoms with Crippen LogP contribution in [0.15, 0.2) is 60.0 Å². The van der Waals surface area contributed by atoms with E-state index in [1.165, 1.54) is 0 Å². The van der Waals surface area contributed by atoms with Crippen LogP contribution in [0.5, 0.6) is 0 Å². The maximum absolute atomic E-state index is 13.5. The molecule has 1 aromatic heterocycles. The minimum Gasteiger partial charge on any atom is -0.343 e. The molecule has 0 saturated carbocycles. The molecule has 6 nitrogen and oxygen atoms in total. The van der Waals surface area contributed by atoms with Crippen molar-refractivity contribution in [2.24, 2.45) is 11.7 Å². The van der Waals surface area contributed by atoms with E-state index in [2.05, 4.69) is 35.0 Å². The molecule has 0 spiro atoms. The van der Waals surface area contributed by atoms with Gasteiger partial charge in [-0.25, -0.2) is 4.98 Å². The number of thiazole rings is 1. The molecule has 1 aliphatic heterocycles. The molecule has 3 atom stereocenters. The van der Waals surface area contributed by atoms with Gasteiger partial charge in [0.1, 0.15) is 11.0 Å². The Balaban J connectivity index is 1.59. The fourth-order valence-corrected chi connectivity index (χ4v) is 5.37. The third-order valence-corrected chi connectivity index (χ3v) is 7.22. The summed E-state index contributed by atoms with van der Waals surface area (Å²) in [6.07, 6.45) is 1.78. The molecule has 2 heterocycles. The topological polar surface area (TPSA) is 88.3 Å². The number of nitrogens with zero attached hydrogens (tertiary/aromatic N) is 2. The second-order valence-corrected chi connectivity index (χ2v) is 10.1. The Morgan fingerprint density at radius 2 is 1.74 bits per heavy atom. The van der Waals surface area contributed by atoms with E-state index in [0.29, 0.717) is 6.54 Å². The molecule has 3 aromatic rings. The Morgan fingerprint density at radius 3 is 2.41 bits per heavy atom. The second kappa shape index (κ2) is 10.5.